The molecule has 0 bridgehead atoms. The zero-order valence-corrected chi connectivity index (χ0v) is 16.9. The van der Waals surface area contributed by atoms with Gasteiger partial charge >= 0.3 is 6.16 Å². The van der Waals surface area contributed by atoms with Gasteiger partial charge in [0.1, 0.15) is 23.1 Å². The summed E-state index contributed by atoms with van der Waals surface area (Å²) < 4.78 is 23.6. The molecule has 0 spiro atoms. The van der Waals surface area contributed by atoms with Crippen LogP contribution in [-0.2, 0) is 4.74 Å². The summed E-state index contributed by atoms with van der Waals surface area (Å²) in [7, 11) is 0. The van der Waals surface area contributed by atoms with E-state index in [1.165, 1.54) is 24.3 Å². The van der Waals surface area contributed by atoms with Gasteiger partial charge in [0, 0.05) is 23.6 Å². The third-order valence-corrected chi connectivity index (χ3v) is 4.95. The van der Waals surface area contributed by atoms with E-state index in [1.54, 1.807) is 41.3 Å². The van der Waals surface area contributed by atoms with Crippen molar-refractivity contribution in [3.8, 4) is 22.8 Å². The lowest BCUT2D eigenvalue weighted by atomic mass is 10.1. The van der Waals surface area contributed by atoms with E-state index >= 15 is 0 Å². The highest BCUT2D eigenvalue weighted by atomic mass is 35.5. The first-order valence-corrected chi connectivity index (χ1v) is 9.81. The fourth-order valence-electron chi connectivity index (χ4n) is 3.36. The number of pyridine rings is 1. The van der Waals surface area contributed by atoms with Crippen LogP contribution in [0.1, 0.15) is 6.42 Å². The standard InChI is InChI=1S/C22H18ClFN2O5/c23-14-9-19(25-20(10-14)26-12-16(27)11-21(26)31-22(28)29)13-1-5-17(6-2-13)30-18-7-3-15(24)4-8-18/h1-10,16,21,27H,11-12H2,(H,28,29)/t16-,21+/m1/s1. The Labute approximate surface area is 182 Å². The van der Waals surface area contributed by atoms with E-state index in [0.717, 1.165) is 5.56 Å². The van der Waals surface area contributed by atoms with Gasteiger partial charge in [-0.3, -0.25) is 0 Å². The number of aliphatic hydroxyl groups excluding tert-OH is 1. The number of β-amino-alcohol motifs (C(OH)–C–C–N with tert-alkyl or cyclic N) is 1. The van der Waals surface area contributed by atoms with Crippen LogP contribution in [0.25, 0.3) is 11.3 Å². The van der Waals surface area contributed by atoms with Crippen molar-refractivity contribution in [2.75, 3.05) is 11.4 Å². The molecule has 3 aromatic rings. The van der Waals surface area contributed by atoms with Crippen molar-refractivity contribution >= 4 is 23.6 Å². The summed E-state index contributed by atoms with van der Waals surface area (Å²) in [6.07, 6.45) is -2.87. The molecule has 2 N–H and O–H groups in total. The maximum Gasteiger partial charge on any atom is 0.507 e. The van der Waals surface area contributed by atoms with Crippen LogP contribution in [0, 0.1) is 5.82 Å². The van der Waals surface area contributed by atoms with Gasteiger partial charge in [0.05, 0.1) is 11.8 Å². The molecular formula is C22H18ClFN2O5. The Morgan fingerprint density at radius 1 is 1.10 bits per heavy atom. The molecule has 0 unspecified atom stereocenters. The molecule has 0 saturated carbocycles. The summed E-state index contributed by atoms with van der Waals surface area (Å²) in [5.41, 5.74) is 1.32. The van der Waals surface area contributed by atoms with E-state index in [1.807, 2.05) is 0 Å². The molecule has 4 rings (SSSR count). The minimum absolute atomic E-state index is 0.144. The Balaban J connectivity index is 1.56. The van der Waals surface area contributed by atoms with Crippen LogP contribution in [0.15, 0.2) is 60.7 Å². The summed E-state index contributed by atoms with van der Waals surface area (Å²) in [6, 6.07) is 16.1. The number of ether oxygens (including phenoxy) is 2. The zero-order valence-electron chi connectivity index (χ0n) is 16.1. The fourth-order valence-corrected chi connectivity index (χ4v) is 3.56. The van der Waals surface area contributed by atoms with E-state index in [-0.39, 0.29) is 18.8 Å². The predicted octanol–water partition coefficient (Wildman–Crippen LogP) is 4.93. The van der Waals surface area contributed by atoms with Crippen molar-refractivity contribution in [3.63, 3.8) is 0 Å². The monoisotopic (exact) mass is 444 g/mol. The first kappa shape index (κ1) is 20.9. The van der Waals surface area contributed by atoms with Gasteiger partial charge in [-0.25, -0.2) is 14.2 Å². The molecule has 31 heavy (non-hydrogen) atoms. The maximum absolute atomic E-state index is 13.0. The topological polar surface area (TPSA) is 92.1 Å². The number of rotatable bonds is 5. The van der Waals surface area contributed by atoms with Crippen LogP contribution in [-0.4, -0.2) is 40.2 Å². The van der Waals surface area contributed by atoms with Gasteiger partial charge in [-0.15, -0.1) is 0 Å². The Hall–Kier alpha value is -3.36. The number of hydrogen-bond acceptors (Lipinski definition) is 6. The van der Waals surface area contributed by atoms with E-state index in [9.17, 15) is 14.3 Å². The number of carboxylic acid groups (broad SMARTS) is 1. The van der Waals surface area contributed by atoms with Gasteiger partial charge in [-0.05, 0) is 60.7 Å². The second kappa shape index (κ2) is 8.79. The third kappa shape index (κ3) is 5.04. The van der Waals surface area contributed by atoms with E-state index in [4.69, 9.17) is 26.2 Å². The molecule has 9 heteroatoms. The van der Waals surface area contributed by atoms with Crippen LogP contribution in [0.4, 0.5) is 15.0 Å². The second-order valence-electron chi connectivity index (χ2n) is 6.99. The number of anilines is 1. The minimum Gasteiger partial charge on any atom is -0.457 e. The Morgan fingerprint density at radius 3 is 2.39 bits per heavy atom. The van der Waals surface area contributed by atoms with E-state index < -0.39 is 18.5 Å². The quantitative estimate of drug-likeness (QED) is 0.539. The summed E-state index contributed by atoms with van der Waals surface area (Å²) in [6.45, 7) is 0.176. The zero-order chi connectivity index (χ0) is 22.0. The molecular weight excluding hydrogens is 427 g/mol. The number of nitrogens with zero attached hydrogens (tertiary/aromatic N) is 2. The van der Waals surface area contributed by atoms with E-state index in [0.29, 0.717) is 28.0 Å². The van der Waals surface area contributed by atoms with Gasteiger partial charge in [0.2, 0.25) is 0 Å². The van der Waals surface area contributed by atoms with Crippen LogP contribution >= 0.6 is 11.6 Å². The molecule has 1 aliphatic heterocycles. The first-order valence-electron chi connectivity index (χ1n) is 9.43. The highest BCUT2D eigenvalue weighted by Crippen LogP contribution is 2.32. The van der Waals surface area contributed by atoms with Crippen LogP contribution in [0.3, 0.4) is 0 Å². The average Bonchev–Trinajstić information content (AvgIpc) is 3.09. The Morgan fingerprint density at radius 2 is 1.74 bits per heavy atom. The molecule has 1 fully saturated rings. The predicted molar refractivity (Wildman–Crippen MR) is 112 cm³/mol. The molecule has 0 amide bonds. The maximum atomic E-state index is 13.0. The van der Waals surface area contributed by atoms with Gasteiger partial charge in [0.15, 0.2) is 6.23 Å². The summed E-state index contributed by atoms with van der Waals surface area (Å²) in [4.78, 5) is 17.1. The highest BCUT2D eigenvalue weighted by molar-refractivity contribution is 6.31. The molecule has 2 atom stereocenters. The molecule has 1 aromatic heterocycles. The Bertz CT molecular complexity index is 1080. The molecule has 1 saturated heterocycles. The van der Waals surface area contributed by atoms with Gasteiger partial charge < -0.3 is 24.6 Å². The van der Waals surface area contributed by atoms with Crippen molar-refractivity contribution in [2.24, 2.45) is 0 Å². The summed E-state index contributed by atoms with van der Waals surface area (Å²) >= 11 is 6.28. The molecule has 7 nitrogen and oxygen atoms in total. The number of hydrogen-bond donors (Lipinski definition) is 2. The number of benzene rings is 2. The summed E-state index contributed by atoms with van der Waals surface area (Å²) in [5.74, 6) is 1.13. The second-order valence-corrected chi connectivity index (χ2v) is 7.43. The average molecular weight is 445 g/mol. The lowest BCUT2D eigenvalue weighted by molar-refractivity contribution is 0.0487. The Kier molecular flexibility index (Phi) is 5.92. The van der Waals surface area contributed by atoms with Crippen molar-refractivity contribution in [1.29, 1.82) is 0 Å². The first-order chi connectivity index (χ1) is 14.9. The van der Waals surface area contributed by atoms with Gasteiger partial charge in [-0.2, -0.15) is 0 Å². The van der Waals surface area contributed by atoms with Crippen LogP contribution in [0.5, 0.6) is 11.5 Å². The van der Waals surface area contributed by atoms with Crippen molar-refractivity contribution in [1.82, 2.24) is 4.98 Å². The van der Waals surface area contributed by atoms with Crippen LogP contribution < -0.4 is 9.64 Å². The lowest BCUT2D eigenvalue weighted by Crippen LogP contribution is -2.34. The van der Waals surface area contributed by atoms with E-state index in [2.05, 4.69) is 4.98 Å². The van der Waals surface area contributed by atoms with Crippen molar-refractivity contribution < 1.29 is 28.9 Å². The molecule has 160 valence electrons. The SMILES string of the molecule is O=C(O)O[C@H]1C[C@@H](O)CN1c1cc(Cl)cc(-c2ccc(Oc3ccc(F)cc3)cc2)n1. The van der Waals surface area contributed by atoms with Crippen LogP contribution in [0.2, 0.25) is 5.02 Å². The number of aliphatic hydroxyl groups is 1. The van der Waals surface area contributed by atoms with Gasteiger partial charge in [-0.1, -0.05) is 11.6 Å². The minimum atomic E-state index is -1.43. The largest absolute Gasteiger partial charge is 0.507 e. The summed E-state index contributed by atoms with van der Waals surface area (Å²) in [5, 5.41) is 19.3. The number of carbonyl (C=O) groups is 1. The molecule has 0 radical (unpaired) electrons. The number of halogens is 2. The number of aromatic nitrogens is 1. The third-order valence-electron chi connectivity index (χ3n) is 4.74. The normalized spacial score (nSPS) is 18.1. The van der Waals surface area contributed by atoms with Gasteiger partial charge in [0.25, 0.3) is 0 Å². The molecule has 2 heterocycles. The molecule has 0 aliphatic carbocycles. The molecule has 2 aromatic carbocycles. The smallest absolute Gasteiger partial charge is 0.457 e. The molecule has 1 aliphatic rings. The lowest BCUT2D eigenvalue weighted by Gasteiger charge is -2.24. The van der Waals surface area contributed by atoms with Crippen molar-refractivity contribution in [2.45, 2.75) is 18.8 Å². The fraction of sp³-hybridized carbons (Fsp3) is 0.182. The van der Waals surface area contributed by atoms with Crippen molar-refractivity contribution in [3.05, 3.63) is 71.5 Å². The highest BCUT2D eigenvalue weighted by Gasteiger charge is 2.35.